The molecule has 0 spiro atoms. The van der Waals surface area contributed by atoms with E-state index in [0.29, 0.717) is 33.5 Å². The summed E-state index contributed by atoms with van der Waals surface area (Å²) >= 11 is 12.5. The van der Waals surface area contributed by atoms with Crippen molar-refractivity contribution in [3.63, 3.8) is 0 Å². The van der Waals surface area contributed by atoms with E-state index in [-0.39, 0.29) is 16.5 Å². The molecule has 5 aromatic rings. The van der Waals surface area contributed by atoms with Gasteiger partial charge >= 0.3 is 0 Å². The van der Waals surface area contributed by atoms with Crippen molar-refractivity contribution in [2.24, 2.45) is 0 Å². The fourth-order valence-corrected chi connectivity index (χ4v) is 3.97. The highest BCUT2D eigenvalue weighted by atomic mass is 35.5. The number of hydrogen-bond donors (Lipinski definition) is 1. The number of methoxy groups -OCH3 is 1. The monoisotopic (exact) mass is 480 g/mol. The zero-order valence-electron chi connectivity index (χ0n) is 17.1. The van der Waals surface area contributed by atoms with Crippen LogP contribution in [0.2, 0.25) is 10.0 Å². The largest absolute Gasteiger partial charge is 0.496 e. The summed E-state index contributed by atoms with van der Waals surface area (Å²) in [6.45, 7) is 0. The average Bonchev–Trinajstić information content (AvgIpc) is 3.49. The van der Waals surface area contributed by atoms with Gasteiger partial charge in [-0.2, -0.15) is 5.21 Å². The minimum atomic E-state index is -0.601. The van der Waals surface area contributed by atoms with E-state index in [2.05, 4.69) is 20.6 Å². The standard InChI is InChI=1S/C23H15Cl2FN6O/c1-33-18-11-10-14(24)12-15(18)21-20(22-28-30-31-29-22)27-23(13-6-3-2-4-7-13)32(21)17-9-5-8-16(25)19(17)26/h2-12H,1H3,(H,28,29,30,31). The molecular formula is C23H15Cl2FN6O. The topological polar surface area (TPSA) is 81.5 Å². The van der Waals surface area contributed by atoms with Crippen LogP contribution in [0, 0.1) is 5.82 Å². The Kier molecular flexibility index (Phi) is 5.53. The second-order valence-corrected chi connectivity index (χ2v) is 7.83. The Labute approximate surface area is 197 Å². The highest BCUT2D eigenvalue weighted by Gasteiger charge is 2.28. The normalized spacial score (nSPS) is 11.0. The lowest BCUT2D eigenvalue weighted by atomic mass is 10.1. The Morgan fingerprint density at radius 3 is 2.55 bits per heavy atom. The van der Waals surface area contributed by atoms with Gasteiger partial charge in [0, 0.05) is 16.1 Å². The van der Waals surface area contributed by atoms with Gasteiger partial charge in [-0.1, -0.05) is 59.6 Å². The number of H-pyrrole nitrogens is 1. The molecule has 10 heteroatoms. The van der Waals surface area contributed by atoms with Crippen molar-refractivity contribution in [2.75, 3.05) is 7.11 Å². The first-order valence-electron chi connectivity index (χ1n) is 9.78. The number of nitrogens with one attached hydrogen (secondary N) is 1. The van der Waals surface area contributed by atoms with E-state index < -0.39 is 5.82 Å². The zero-order valence-corrected chi connectivity index (χ0v) is 18.6. The van der Waals surface area contributed by atoms with E-state index in [1.807, 2.05) is 30.3 Å². The number of rotatable bonds is 5. The molecule has 0 radical (unpaired) electrons. The number of halogens is 3. The van der Waals surface area contributed by atoms with Crippen molar-refractivity contribution in [3.05, 3.63) is 82.6 Å². The molecule has 0 unspecified atom stereocenters. The smallest absolute Gasteiger partial charge is 0.225 e. The Balaban J connectivity index is 1.96. The van der Waals surface area contributed by atoms with Crippen LogP contribution in [0.1, 0.15) is 0 Å². The van der Waals surface area contributed by atoms with Crippen molar-refractivity contribution in [1.29, 1.82) is 0 Å². The van der Waals surface area contributed by atoms with Crippen LogP contribution >= 0.6 is 23.2 Å². The van der Waals surface area contributed by atoms with Gasteiger partial charge in [-0.3, -0.25) is 4.57 Å². The highest BCUT2D eigenvalue weighted by Crippen LogP contribution is 2.42. The molecule has 0 atom stereocenters. The fourth-order valence-electron chi connectivity index (χ4n) is 3.63. The molecular weight excluding hydrogens is 466 g/mol. The van der Waals surface area contributed by atoms with E-state index in [1.165, 1.54) is 6.07 Å². The summed E-state index contributed by atoms with van der Waals surface area (Å²) < 4.78 is 22.7. The number of benzene rings is 3. The number of aromatic amines is 1. The highest BCUT2D eigenvalue weighted by molar-refractivity contribution is 6.31. The van der Waals surface area contributed by atoms with Crippen LogP contribution < -0.4 is 4.74 Å². The van der Waals surface area contributed by atoms with Crippen molar-refractivity contribution < 1.29 is 9.13 Å². The third-order valence-corrected chi connectivity index (χ3v) is 5.58. The number of aromatic nitrogens is 6. The SMILES string of the molecule is COc1ccc(Cl)cc1-c1c(-c2nn[nH]n2)nc(-c2ccccc2)n1-c1cccc(Cl)c1F. The van der Waals surface area contributed by atoms with Crippen LogP contribution in [0.4, 0.5) is 4.39 Å². The minimum absolute atomic E-state index is 0.0228. The molecule has 5 rings (SSSR count). The number of tetrazole rings is 1. The lowest BCUT2D eigenvalue weighted by Gasteiger charge is -2.16. The third-order valence-electron chi connectivity index (χ3n) is 5.06. The quantitative estimate of drug-likeness (QED) is 0.341. The number of hydrogen-bond acceptors (Lipinski definition) is 5. The first-order chi connectivity index (χ1) is 16.1. The molecule has 0 saturated heterocycles. The van der Waals surface area contributed by atoms with Crippen LogP contribution in [-0.2, 0) is 0 Å². The average molecular weight is 481 g/mol. The van der Waals surface area contributed by atoms with Gasteiger partial charge in [0.2, 0.25) is 5.82 Å². The molecule has 7 nitrogen and oxygen atoms in total. The van der Waals surface area contributed by atoms with Crippen LogP contribution in [0.25, 0.3) is 39.9 Å². The van der Waals surface area contributed by atoms with Gasteiger partial charge in [-0.05, 0) is 35.5 Å². The van der Waals surface area contributed by atoms with E-state index >= 15 is 4.39 Å². The zero-order chi connectivity index (χ0) is 22.9. The number of ether oxygens (including phenoxy) is 1. The van der Waals surface area contributed by atoms with Crippen LogP contribution in [-0.4, -0.2) is 37.3 Å². The predicted molar refractivity (Wildman–Crippen MR) is 124 cm³/mol. The van der Waals surface area contributed by atoms with Crippen molar-refractivity contribution in [1.82, 2.24) is 30.2 Å². The molecule has 2 heterocycles. The summed E-state index contributed by atoms with van der Waals surface area (Å²) in [5, 5.41) is 14.8. The molecule has 0 saturated carbocycles. The number of imidazole rings is 1. The van der Waals surface area contributed by atoms with Crippen LogP contribution in [0.5, 0.6) is 5.75 Å². The molecule has 3 aromatic carbocycles. The summed E-state index contributed by atoms with van der Waals surface area (Å²) in [4.78, 5) is 4.82. The maximum absolute atomic E-state index is 15.4. The Bertz CT molecular complexity index is 1440. The van der Waals surface area contributed by atoms with E-state index in [4.69, 9.17) is 32.9 Å². The van der Waals surface area contributed by atoms with Gasteiger partial charge in [0.05, 0.1) is 23.5 Å². The second-order valence-electron chi connectivity index (χ2n) is 6.99. The molecule has 0 aliphatic rings. The molecule has 0 amide bonds. The second kappa shape index (κ2) is 8.65. The summed E-state index contributed by atoms with van der Waals surface area (Å²) in [6.07, 6.45) is 0. The van der Waals surface area contributed by atoms with E-state index in [0.717, 1.165) is 5.56 Å². The molecule has 0 aliphatic carbocycles. The summed E-state index contributed by atoms with van der Waals surface area (Å²) in [5.74, 6) is 0.585. The summed E-state index contributed by atoms with van der Waals surface area (Å²) in [6, 6.07) is 19.3. The van der Waals surface area contributed by atoms with Gasteiger partial charge in [-0.25, -0.2) is 9.37 Å². The molecule has 1 N–H and O–H groups in total. The van der Waals surface area contributed by atoms with Gasteiger partial charge in [0.1, 0.15) is 17.3 Å². The van der Waals surface area contributed by atoms with Gasteiger partial charge in [0.25, 0.3) is 0 Å². The first-order valence-corrected chi connectivity index (χ1v) is 10.5. The van der Waals surface area contributed by atoms with Crippen molar-refractivity contribution in [2.45, 2.75) is 0 Å². The molecule has 0 aliphatic heterocycles. The predicted octanol–water partition coefficient (Wildman–Crippen LogP) is 5.84. The van der Waals surface area contributed by atoms with Crippen molar-refractivity contribution in [3.8, 4) is 45.6 Å². The first kappa shape index (κ1) is 21.1. The van der Waals surface area contributed by atoms with Gasteiger partial charge in [0.15, 0.2) is 5.82 Å². The van der Waals surface area contributed by atoms with E-state index in [1.54, 1.807) is 42.0 Å². The molecule has 164 valence electrons. The lowest BCUT2D eigenvalue weighted by molar-refractivity contribution is 0.416. The number of nitrogens with zero attached hydrogens (tertiary/aromatic N) is 5. The maximum atomic E-state index is 15.4. The van der Waals surface area contributed by atoms with Crippen LogP contribution in [0.3, 0.4) is 0 Å². The van der Waals surface area contributed by atoms with Crippen molar-refractivity contribution >= 4 is 23.2 Å². The molecule has 33 heavy (non-hydrogen) atoms. The lowest BCUT2D eigenvalue weighted by Crippen LogP contribution is -2.04. The van der Waals surface area contributed by atoms with Gasteiger partial charge in [-0.15, -0.1) is 10.2 Å². The maximum Gasteiger partial charge on any atom is 0.225 e. The van der Waals surface area contributed by atoms with E-state index in [9.17, 15) is 0 Å². The fraction of sp³-hybridized carbons (Fsp3) is 0.0435. The third kappa shape index (κ3) is 3.73. The Morgan fingerprint density at radius 2 is 1.82 bits per heavy atom. The molecule has 2 aromatic heterocycles. The minimum Gasteiger partial charge on any atom is -0.496 e. The molecule has 0 fully saturated rings. The molecule has 0 bridgehead atoms. The van der Waals surface area contributed by atoms with Gasteiger partial charge < -0.3 is 4.74 Å². The summed E-state index contributed by atoms with van der Waals surface area (Å²) in [5.41, 5.74) is 2.34. The summed E-state index contributed by atoms with van der Waals surface area (Å²) in [7, 11) is 1.54. The Hall–Kier alpha value is -3.75. The Morgan fingerprint density at radius 1 is 1.00 bits per heavy atom. The van der Waals surface area contributed by atoms with Crippen LogP contribution in [0.15, 0.2) is 66.7 Å².